The van der Waals surface area contributed by atoms with Crippen molar-refractivity contribution in [2.45, 2.75) is 46.2 Å². The van der Waals surface area contributed by atoms with Gasteiger partial charge < -0.3 is 5.32 Å². The highest BCUT2D eigenvalue weighted by molar-refractivity contribution is 5.59. The van der Waals surface area contributed by atoms with E-state index >= 15 is 0 Å². The van der Waals surface area contributed by atoms with E-state index in [1.807, 2.05) is 6.92 Å². The number of nitro groups is 1. The lowest BCUT2D eigenvalue weighted by Crippen LogP contribution is -2.35. The highest BCUT2D eigenvalue weighted by Gasteiger charge is 2.27. The largest absolute Gasteiger partial charge is 0.363 e. The van der Waals surface area contributed by atoms with Gasteiger partial charge in [-0.1, -0.05) is 6.92 Å². The van der Waals surface area contributed by atoms with Gasteiger partial charge in [0.2, 0.25) is 5.82 Å². The molecule has 1 aromatic rings. The van der Waals surface area contributed by atoms with Crippen LogP contribution in [0, 0.1) is 17.0 Å². The summed E-state index contributed by atoms with van der Waals surface area (Å²) in [5.74, 6) is 0.540. The average molecular weight is 281 g/mol. The Morgan fingerprint density at radius 3 is 2.80 bits per heavy atom. The summed E-state index contributed by atoms with van der Waals surface area (Å²) in [5.41, 5.74) is 0.575. The molecule has 2 heterocycles. The van der Waals surface area contributed by atoms with Crippen molar-refractivity contribution in [1.29, 1.82) is 0 Å². The van der Waals surface area contributed by atoms with Gasteiger partial charge in [0.05, 0.1) is 4.92 Å². The second-order valence-corrected chi connectivity index (χ2v) is 5.16. The van der Waals surface area contributed by atoms with Gasteiger partial charge in [-0.05, 0) is 39.8 Å². The maximum Gasteiger partial charge on any atom is 0.333 e. The van der Waals surface area contributed by atoms with Gasteiger partial charge in [-0.15, -0.1) is 0 Å². The molecular weight excluding hydrogens is 258 g/mol. The number of likely N-dealkylation sites (tertiary alicyclic amines) is 1. The quantitative estimate of drug-likeness (QED) is 0.637. The van der Waals surface area contributed by atoms with Crippen LogP contribution in [0.3, 0.4) is 0 Å². The standard InChI is InChI=1S/C13H23N5O2/c1-4-16-8-6-7-11(16)9-14-13-12(18(19)20)10(3)15-17(13)5-2/h11,14H,4-9H2,1-3H3. The first-order chi connectivity index (χ1) is 9.58. The van der Waals surface area contributed by atoms with E-state index in [9.17, 15) is 10.1 Å². The van der Waals surface area contributed by atoms with Gasteiger partial charge in [-0.3, -0.25) is 15.0 Å². The number of aryl methyl sites for hydroxylation is 2. The van der Waals surface area contributed by atoms with Crippen molar-refractivity contribution in [3.8, 4) is 0 Å². The summed E-state index contributed by atoms with van der Waals surface area (Å²) in [5, 5.41) is 18.7. The Morgan fingerprint density at radius 2 is 2.20 bits per heavy atom. The zero-order valence-electron chi connectivity index (χ0n) is 12.4. The van der Waals surface area contributed by atoms with Crippen LogP contribution in [0.4, 0.5) is 11.5 Å². The predicted octanol–water partition coefficient (Wildman–Crippen LogP) is 2.02. The number of likely N-dealkylation sites (N-methyl/N-ethyl adjacent to an activating group) is 1. The van der Waals surface area contributed by atoms with Crippen molar-refractivity contribution in [3.63, 3.8) is 0 Å². The molecule has 0 saturated carbocycles. The molecule has 1 aliphatic rings. The van der Waals surface area contributed by atoms with E-state index in [0.29, 0.717) is 24.1 Å². The number of hydrogen-bond donors (Lipinski definition) is 1. The molecule has 20 heavy (non-hydrogen) atoms. The second kappa shape index (κ2) is 6.21. The maximum absolute atomic E-state index is 11.2. The number of aromatic nitrogens is 2. The minimum Gasteiger partial charge on any atom is -0.363 e. The molecule has 0 aromatic carbocycles. The normalized spacial score (nSPS) is 19.4. The van der Waals surface area contributed by atoms with Gasteiger partial charge >= 0.3 is 5.69 Å². The van der Waals surface area contributed by atoms with Crippen LogP contribution in [0.2, 0.25) is 0 Å². The third-order valence-corrected chi connectivity index (χ3v) is 3.99. The topological polar surface area (TPSA) is 76.2 Å². The van der Waals surface area contributed by atoms with Gasteiger partial charge in [0.15, 0.2) is 0 Å². The molecule has 1 unspecified atom stereocenters. The number of rotatable bonds is 6. The van der Waals surface area contributed by atoms with Crippen LogP contribution < -0.4 is 5.32 Å². The molecular formula is C13H23N5O2. The van der Waals surface area contributed by atoms with Crippen LogP contribution in [0.25, 0.3) is 0 Å². The first-order valence-electron chi connectivity index (χ1n) is 7.28. The number of hydrogen-bond acceptors (Lipinski definition) is 5. The van der Waals surface area contributed by atoms with E-state index in [1.54, 1.807) is 11.6 Å². The molecule has 1 aromatic heterocycles. The molecule has 0 radical (unpaired) electrons. The molecule has 0 amide bonds. The molecule has 0 aliphatic carbocycles. The molecule has 112 valence electrons. The summed E-state index contributed by atoms with van der Waals surface area (Å²) in [6.07, 6.45) is 2.35. The molecule has 0 bridgehead atoms. The van der Waals surface area contributed by atoms with E-state index in [2.05, 4.69) is 22.2 Å². The molecule has 7 nitrogen and oxygen atoms in total. The lowest BCUT2D eigenvalue weighted by atomic mass is 10.2. The summed E-state index contributed by atoms with van der Waals surface area (Å²) in [4.78, 5) is 13.3. The third-order valence-electron chi connectivity index (χ3n) is 3.99. The Labute approximate surface area is 119 Å². The smallest absolute Gasteiger partial charge is 0.333 e. The molecule has 1 fully saturated rings. The van der Waals surface area contributed by atoms with Crippen molar-refractivity contribution in [2.75, 3.05) is 25.0 Å². The van der Waals surface area contributed by atoms with Crippen LogP contribution in [-0.4, -0.2) is 45.3 Å². The summed E-state index contributed by atoms with van der Waals surface area (Å²) in [7, 11) is 0. The number of nitrogens with one attached hydrogen (secondary N) is 1. The van der Waals surface area contributed by atoms with Crippen molar-refractivity contribution < 1.29 is 4.92 Å². The molecule has 1 N–H and O–H groups in total. The zero-order chi connectivity index (χ0) is 14.7. The highest BCUT2D eigenvalue weighted by atomic mass is 16.6. The Morgan fingerprint density at radius 1 is 1.45 bits per heavy atom. The molecule has 1 aliphatic heterocycles. The average Bonchev–Trinajstić information content (AvgIpc) is 2.99. The summed E-state index contributed by atoms with van der Waals surface area (Å²) < 4.78 is 1.68. The van der Waals surface area contributed by atoms with Crippen molar-refractivity contribution >= 4 is 11.5 Å². The van der Waals surface area contributed by atoms with E-state index in [-0.39, 0.29) is 10.6 Å². The predicted molar refractivity (Wildman–Crippen MR) is 78.1 cm³/mol. The summed E-state index contributed by atoms with van der Waals surface area (Å²) in [6, 6.07) is 0.458. The minimum atomic E-state index is -0.344. The monoisotopic (exact) mass is 281 g/mol. The summed E-state index contributed by atoms with van der Waals surface area (Å²) >= 11 is 0. The van der Waals surface area contributed by atoms with E-state index in [0.717, 1.165) is 26.1 Å². The first-order valence-corrected chi connectivity index (χ1v) is 7.28. The zero-order valence-corrected chi connectivity index (χ0v) is 12.4. The molecule has 0 spiro atoms. The fraction of sp³-hybridized carbons (Fsp3) is 0.769. The van der Waals surface area contributed by atoms with E-state index in [1.165, 1.54) is 6.42 Å². The number of anilines is 1. The highest BCUT2D eigenvalue weighted by Crippen LogP contribution is 2.28. The lowest BCUT2D eigenvalue weighted by Gasteiger charge is -2.23. The Balaban J connectivity index is 2.14. The first kappa shape index (κ1) is 14.8. The van der Waals surface area contributed by atoms with Crippen molar-refractivity contribution in [2.24, 2.45) is 0 Å². The lowest BCUT2D eigenvalue weighted by molar-refractivity contribution is -0.384. The Hall–Kier alpha value is -1.63. The van der Waals surface area contributed by atoms with Crippen LogP contribution >= 0.6 is 0 Å². The van der Waals surface area contributed by atoms with Crippen molar-refractivity contribution in [1.82, 2.24) is 14.7 Å². The second-order valence-electron chi connectivity index (χ2n) is 5.16. The molecule has 1 saturated heterocycles. The van der Waals surface area contributed by atoms with Gasteiger partial charge in [-0.25, -0.2) is 4.68 Å². The van der Waals surface area contributed by atoms with Gasteiger partial charge in [-0.2, -0.15) is 5.10 Å². The third kappa shape index (κ3) is 2.77. The van der Waals surface area contributed by atoms with Crippen LogP contribution in [-0.2, 0) is 6.54 Å². The van der Waals surface area contributed by atoms with Crippen LogP contribution in [0.5, 0.6) is 0 Å². The van der Waals surface area contributed by atoms with Gasteiger partial charge in [0.25, 0.3) is 0 Å². The SMILES string of the molecule is CCN1CCCC1CNc1c([N+](=O)[O-])c(C)nn1CC. The molecule has 2 rings (SSSR count). The summed E-state index contributed by atoms with van der Waals surface area (Å²) in [6.45, 7) is 9.29. The van der Waals surface area contributed by atoms with Gasteiger partial charge in [0, 0.05) is 19.1 Å². The Kier molecular flexibility index (Phi) is 4.59. The van der Waals surface area contributed by atoms with Crippen LogP contribution in [0.15, 0.2) is 0 Å². The van der Waals surface area contributed by atoms with Crippen molar-refractivity contribution in [3.05, 3.63) is 15.8 Å². The fourth-order valence-corrected chi connectivity index (χ4v) is 2.95. The fourth-order valence-electron chi connectivity index (χ4n) is 2.95. The van der Waals surface area contributed by atoms with Crippen LogP contribution in [0.1, 0.15) is 32.4 Å². The number of nitrogens with zero attached hydrogens (tertiary/aromatic N) is 4. The van der Waals surface area contributed by atoms with E-state index < -0.39 is 0 Å². The Bertz CT molecular complexity index is 485. The van der Waals surface area contributed by atoms with Gasteiger partial charge in [0.1, 0.15) is 5.69 Å². The molecule has 7 heteroatoms. The van der Waals surface area contributed by atoms with E-state index in [4.69, 9.17) is 0 Å². The minimum absolute atomic E-state index is 0.105. The molecule has 1 atom stereocenters. The maximum atomic E-state index is 11.2.